The van der Waals surface area contributed by atoms with Gasteiger partial charge in [0.25, 0.3) is 0 Å². The Kier molecular flexibility index (Phi) is 4.23. The van der Waals surface area contributed by atoms with Crippen LogP contribution in [-0.2, 0) is 4.74 Å². The van der Waals surface area contributed by atoms with Crippen LogP contribution in [0, 0.1) is 0 Å². The molecule has 1 aliphatic heterocycles. The van der Waals surface area contributed by atoms with Crippen LogP contribution in [0.5, 0.6) is 5.75 Å². The fourth-order valence-electron chi connectivity index (χ4n) is 2.46. The van der Waals surface area contributed by atoms with Gasteiger partial charge in [0, 0.05) is 11.6 Å². The summed E-state index contributed by atoms with van der Waals surface area (Å²) in [6.07, 6.45) is -4.95. The number of nitrogens with zero attached hydrogens (tertiary/aromatic N) is 1. The molecule has 1 fully saturated rings. The second-order valence-electron chi connectivity index (χ2n) is 5.15. The zero-order valence-corrected chi connectivity index (χ0v) is 11.6. The summed E-state index contributed by atoms with van der Waals surface area (Å²) in [6, 6.07) is 8.95. The summed E-state index contributed by atoms with van der Waals surface area (Å²) < 4.78 is 10.9. The number of fused-ring (bicyclic) bond motifs is 1. The number of rotatable bonds is 3. The predicted molar refractivity (Wildman–Crippen MR) is 76.1 cm³/mol. The molecular formula is C15H17NO6. The molecule has 0 unspecified atom stereocenters. The lowest BCUT2D eigenvalue weighted by Crippen LogP contribution is -2.60. The quantitative estimate of drug-likeness (QED) is 0.600. The van der Waals surface area contributed by atoms with E-state index in [2.05, 4.69) is 4.98 Å². The third kappa shape index (κ3) is 2.65. The second-order valence-corrected chi connectivity index (χ2v) is 5.15. The molecule has 2 heterocycles. The maximum Gasteiger partial charge on any atom is 0.229 e. The highest BCUT2D eigenvalue weighted by atomic mass is 16.7. The Bertz CT molecular complexity index is 643. The van der Waals surface area contributed by atoms with Gasteiger partial charge in [0.1, 0.15) is 35.7 Å². The summed E-state index contributed by atoms with van der Waals surface area (Å²) in [5, 5.41) is 39.5. The molecule has 5 atom stereocenters. The lowest BCUT2D eigenvalue weighted by atomic mass is 9.99. The highest BCUT2D eigenvalue weighted by Crippen LogP contribution is 2.28. The highest BCUT2D eigenvalue weighted by Gasteiger charge is 2.44. The predicted octanol–water partition coefficient (Wildman–Crippen LogP) is -0.587. The first-order valence-corrected chi connectivity index (χ1v) is 6.92. The molecule has 7 nitrogen and oxygen atoms in total. The van der Waals surface area contributed by atoms with Gasteiger partial charge in [0.2, 0.25) is 6.29 Å². The van der Waals surface area contributed by atoms with E-state index < -0.39 is 37.3 Å². The molecule has 7 heteroatoms. The molecule has 22 heavy (non-hydrogen) atoms. The number of aromatic nitrogens is 1. The largest absolute Gasteiger partial charge is 0.460 e. The number of aliphatic hydroxyl groups is 4. The van der Waals surface area contributed by atoms with E-state index in [1.54, 1.807) is 24.4 Å². The molecule has 118 valence electrons. The summed E-state index contributed by atoms with van der Waals surface area (Å²) in [7, 11) is 0. The molecule has 1 saturated heterocycles. The van der Waals surface area contributed by atoms with Gasteiger partial charge in [-0.2, -0.15) is 0 Å². The summed E-state index contributed by atoms with van der Waals surface area (Å²) in [6.45, 7) is -0.501. The van der Waals surface area contributed by atoms with Crippen LogP contribution in [0.15, 0.2) is 36.5 Å². The van der Waals surface area contributed by atoms with E-state index in [1.807, 2.05) is 12.1 Å². The molecule has 2 aromatic rings. The number of hydrogen-bond acceptors (Lipinski definition) is 7. The summed E-state index contributed by atoms with van der Waals surface area (Å²) in [5.74, 6) is 0.377. The van der Waals surface area contributed by atoms with Crippen LogP contribution in [0.2, 0.25) is 0 Å². The van der Waals surface area contributed by atoms with Crippen molar-refractivity contribution in [1.29, 1.82) is 0 Å². The molecule has 1 aliphatic rings. The van der Waals surface area contributed by atoms with Crippen molar-refractivity contribution < 1.29 is 29.9 Å². The maximum atomic E-state index is 9.99. The van der Waals surface area contributed by atoms with E-state index >= 15 is 0 Å². The van der Waals surface area contributed by atoms with Crippen molar-refractivity contribution in [2.75, 3.05) is 6.61 Å². The average molecular weight is 307 g/mol. The summed E-state index contributed by atoms with van der Waals surface area (Å²) in [5.41, 5.74) is 0.585. The molecule has 4 N–H and O–H groups in total. The Morgan fingerprint density at radius 2 is 1.82 bits per heavy atom. The summed E-state index contributed by atoms with van der Waals surface area (Å²) >= 11 is 0. The van der Waals surface area contributed by atoms with Gasteiger partial charge in [-0.05, 0) is 12.1 Å². The molecule has 0 radical (unpaired) electrons. The van der Waals surface area contributed by atoms with Crippen molar-refractivity contribution in [2.45, 2.75) is 30.7 Å². The van der Waals surface area contributed by atoms with Crippen LogP contribution in [0.3, 0.4) is 0 Å². The van der Waals surface area contributed by atoms with Crippen LogP contribution in [0.25, 0.3) is 10.9 Å². The standard InChI is InChI=1S/C15H17NO6/c17-7-10-12(18)13(19)14(20)15(22-10)21-9-5-1-3-8-4-2-6-16-11(8)9/h1-6,10,12-15,17-20H,7H2/t10-,12+,13-,14-,15-/m1/s1. The first-order chi connectivity index (χ1) is 10.6. The third-order valence-electron chi connectivity index (χ3n) is 3.69. The van der Waals surface area contributed by atoms with Gasteiger partial charge in [-0.3, -0.25) is 4.98 Å². The smallest absolute Gasteiger partial charge is 0.229 e. The Labute approximate surface area is 126 Å². The van der Waals surface area contributed by atoms with Gasteiger partial charge in [-0.15, -0.1) is 0 Å². The van der Waals surface area contributed by atoms with Crippen LogP contribution < -0.4 is 4.74 Å². The van der Waals surface area contributed by atoms with Gasteiger partial charge in [0.05, 0.1) is 6.61 Å². The summed E-state index contributed by atoms with van der Waals surface area (Å²) in [4.78, 5) is 4.22. The Morgan fingerprint density at radius 1 is 1.05 bits per heavy atom. The first-order valence-electron chi connectivity index (χ1n) is 6.92. The molecular weight excluding hydrogens is 290 g/mol. The molecule has 0 bridgehead atoms. The average Bonchev–Trinajstić information content (AvgIpc) is 2.55. The van der Waals surface area contributed by atoms with E-state index in [9.17, 15) is 20.4 Å². The Hall–Kier alpha value is -1.77. The Morgan fingerprint density at radius 3 is 2.59 bits per heavy atom. The van der Waals surface area contributed by atoms with Gasteiger partial charge in [-0.25, -0.2) is 0 Å². The number of aliphatic hydroxyl groups excluding tert-OH is 4. The molecule has 0 saturated carbocycles. The number of hydrogen-bond donors (Lipinski definition) is 4. The minimum absolute atomic E-state index is 0.377. The number of para-hydroxylation sites is 1. The minimum atomic E-state index is -1.47. The Balaban J connectivity index is 1.87. The van der Waals surface area contributed by atoms with Crippen molar-refractivity contribution in [3.05, 3.63) is 36.5 Å². The minimum Gasteiger partial charge on any atom is -0.460 e. The molecule has 1 aromatic heterocycles. The lowest BCUT2D eigenvalue weighted by Gasteiger charge is -2.39. The van der Waals surface area contributed by atoms with E-state index in [4.69, 9.17) is 9.47 Å². The second kappa shape index (κ2) is 6.15. The number of benzene rings is 1. The molecule has 0 aliphatic carbocycles. The number of pyridine rings is 1. The van der Waals surface area contributed by atoms with E-state index in [0.29, 0.717) is 11.3 Å². The molecule has 3 rings (SSSR count). The molecule has 0 amide bonds. The van der Waals surface area contributed by atoms with Crippen LogP contribution in [-0.4, -0.2) is 62.7 Å². The SMILES string of the molecule is OC[C@H]1O[C@@H](Oc2cccc3cccnc23)[C@H](O)[C@H](O)[C@H]1O. The van der Waals surface area contributed by atoms with E-state index in [0.717, 1.165) is 5.39 Å². The first kappa shape index (κ1) is 15.1. The van der Waals surface area contributed by atoms with Crippen LogP contribution in [0.1, 0.15) is 0 Å². The zero-order chi connectivity index (χ0) is 15.7. The maximum absolute atomic E-state index is 9.99. The normalized spacial score (nSPS) is 32.1. The van der Waals surface area contributed by atoms with Gasteiger partial charge in [-0.1, -0.05) is 18.2 Å². The zero-order valence-electron chi connectivity index (χ0n) is 11.6. The monoisotopic (exact) mass is 307 g/mol. The highest BCUT2D eigenvalue weighted by molar-refractivity contribution is 5.84. The molecule has 0 spiro atoms. The van der Waals surface area contributed by atoms with Crippen LogP contribution in [0.4, 0.5) is 0 Å². The fraction of sp³-hybridized carbons (Fsp3) is 0.400. The third-order valence-corrected chi connectivity index (χ3v) is 3.69. The number of ether oxygens (including phenoxy) is 2. The molecule has 1 aromatic carbocycles. The topological polar surface area (TPSA) is 112 Å². The van der Waals surface area contributed by atoms with Crippen molar-refractivity contribution in [1.82, 2.24) is 4.98 Å². The van der Waals surface area contributed by atoms with Crippen LogP contribution >= 0.6 is 0 Å². The van der Waals surface area contributed by atoms with Crippen molar-refractivity contribution in [2.24, 2.45) is 0 Å². The van der Waals surface area contributed by atoms with Crippen molar-refractivity contribution in [3.8, 4) is 5.75 Å². The van der Waals surface area contributed by atoms with Crippen molar-refractivity contribution in [3.63, 3.8) is 0 Å². The van der Waals surface area contributed by atoms with Gasteiger partial charge in [0.15, 0.2) is 0 Å². The fourth-order valence-corrected chi connectivity index (χ4v) is 2.46. The van der Waals surface area contributed by atoms with E-state index in [-0.39, 0.29) is 0 Å². The lowest BCUT2D eigenvalue weighted by molar-refractivity contribution is -0.277. The van der Waals surface area contributed by atoms with Crippen molar-refractivity contribution >= 4 is 10.9 Å². The van der Waals surface area contributed by atoms with Gasteiger partial charge >= 0.3 is 0 Å². The van der Waals surface area contributed by atoms with E-state index in [1.165, 1.54) is 0 Å². The van der Waals surface area contributed by atoms with Gasteiger partial charge < -0.3 is 29.9 Å².